The largest absolute Gasteiger partial charge is 0.290 e. The monoisotopic (exact) mass is 473 g/mol. The average molecular weight is 473 g/mol. The molecular weight excluding hydrogens is 453 g/mol. The summed E-state index contributed by atoms with van der Waals surface area (Å²) in [5, 5.41) is 22.3. The summed E-state index contributed by atoms with van der Waals surface area (Å²) in [6.07, 6.45) is 3.17. The van der Waals surface area contributed by atoms with Crippen LogP contribution in [0.5, 0.6) is 0 Å². The summed E-state index contributed by atoms with van der Waals surface area (Å²) in [5.74, 6) is -0.634. The molecule has 0 aromatic heterocycles. The van der Waals surface area contributed by atoms with Crippen LogP contribution in [-0.4, -0.2) is 33.6 Å². The van der Waals surface area contributed by atoms with Gasteiger partial charge in [-0.25, -0.2) is 4.39 Å². The quantitative estimate of drug-likeness (QED) is 0.277. The Bertz CT molecular complexity index is 1300. The lowest BCUT2D eigenvalue weighted by Crippen LogP contribution is -2.37. The maximum absolute atomic E-state index is 14.3. The molecule has 0 spiro atoms. The molecular formula is C26H20FN3O5. The van der Waals surface area contributed by atoms with Gasteiger partial charge in [0.25, 0.3) is 11.4 Å². The molecule has 1 aliphatic rings. The van der Waals surface area contributed by atoms with E-state index in [0.717, 1.165) is 0 Å². The molecule has 3 aromatic carbocycles. The van der Waals surface area contributed by atoms with E-state index in [1.54, 1.807) is 42.5 Å². The van der Waals surface area contributed by atoms with E-state index in [4.69, 9.17) is 0 Å². The molecule has 0 amide bonds. The van der Waals surface area contributed by atoms with Gasteiger partial charge in [0.05, 0.1) is 9.85 Å². The van der Waals surface area contributed by atoms with Crippen molar-refractivity contribution in [2.24, 2.45) is 0 Å². The normalized spacial score (nSPS) is 16.5. The number of carbonyl (C=O) groups is 1. The van der Waals surface area contributed by atoms with E-state index in [2.05, 4.69) is 0 Å². The first-order valence-electron chi connectivity index (χ1n) is 10.7. The molecule has 1 heterocycles. The fourth-order valence-corrected chi connectivity index (χ4v) is 3.95. The van der Waals surface area contributed by atoms with Crippen LogP contribution in [-0.2, 0) is 11.3 Å². The number of halogens is 1. The third kappa shape index (κ3) is 5.71. The zero-order valence-corrected chi connectivity index (χ0v) is 18.5. The lowest BCUT2D eigenvalue weighted by molar-refractivity contribution is -0.385. The minimum atomic E-state index is -0.511. The van der Waals surface area contributed by atoms with Crippen molar-refractivity contribution in [3.63, 3.8) is 0 Å². The van der Waals surface area contributed by atoms with Crippen molar-refractivity contribution in [1.82, 2.24) is 4.90 Å². The number of nitrogens with zero attached hydrogens (tertiary/aromatic N) is 3. The molecule has 0 unspecified atom stereocenters. The second kappa shape index (κ2) is 10.2. The zero-order valence-electron chi connectivity index (χ0n) is 18.5. The fourth-order valence-electron chi connectivity index (χ4n) is 3.95. The van der Waals surface area contributed by atoms with E-state index in [1.807, 2.05) is 4.90 Å². The molecule has 4 rings (SSSR count). The fraction of sp³-hybridized carbons (Fsp3) is 0.115. The summed E-state index contributed by atoms with van der Waals surface area (Å²) in [7, 11) is 0. The highest BCUT2D eigenvalue weighted by Crippen LogP contribution is 2.26. The summed E-state index contributed by atoms with van der Waals surface area (Å²) in [5.41, 5.74) is 2.01. The van der Waals surface area contributed by atoms with E-state index in [1.165, 1.54) is 42.5 Å². The van der Waals surface area contributed by atoms with Crippen LogP contribution in [0.3, 0.4) is 0 Å². The summed E-state index contributed by atoms with van der Waals surface area (Å²) >= 11 is 0. The Morgan fingerprint density at radius 3 is 1.80 bits per heavy atom. The van der Waals surface area contributed by atoms with Crippen molar-refractivity contribution in [3.05, 3.63) is 127 Å². The molecule has 0 saturated carbocycles. The second-order valence-electron chi connectivity index (χ2n) is 8.11. The van der Waals surface area contributed by atoms with E-state index >= 15 is 0 Å². The van der Waals surface area contributed by atoms with Gasteiger partial charge in [0.2, 0.25) is 0 Å². The number of non-ortho nitro benzene ring substituents is 2. The number of benzene rings is 3. The third-order valence-corrected chi connectivity index (χ3v) is 5.57. The molecule has 35 heavy (non-hydrogen) atoms. The van der Waals surface area contributed by atoms with E-state index in [0.29, 0.717) is 27.8 Å². The highest BCUT2D eigenvalue weighted by atomic mass is 19.1. The molecule has 176 valence electrons. The number of hydrogen-bond acceptors (Lipinski definition) is 6. The second-order valence-corrected chi connectivity index (χ2v) is 8.11. The SMILES string of the molecule is O=C1C(=Cc2cccc([N+](=O)[O-])c2)CN(Cc2ccccc2F)CC1=Cc1cccc([N+](=O)[O-])c1. The molecule has 0 bridgehead atoms. The van der Waals surface area contributed by atoms with Gasteiger partial charge in [0.1, 0.15) is 5.82 Å². The first-order valence-corrected chi connectivity index (χ1v) is 10.7. The average Bonchev–Trinajstić information content (AvgIpc) is 2.84. The van der Waals surface area contributed by atoms with Crippen molar-refractivity contribution in [1.29, 1.82) is 0 Å². The highest BCUT2D eigenvalue weighted by Gasteiger charge is 2.27. The van der Waals surface area contributed by atoms with Crippen LogP contribution in [0, 0.1) is 26.0 Å². The summed E-state index contributed by atoms with van der Waals surface area (Å²) in [6.45, 7) is 0.656. The number of rotatable bonds is 6. The van der Waals surface area contributed by atoms with Gasteiger partial charge >= 0.3 is 0 Å². The maximum atomic E-state index is 14.3. The van der Waals surface area contributed by atoms with Gasteiger partial charge in [0.15, 0.2) is 5.78 Å². The number of Topliss-reactive ketones (excluding diaryl/α,β-unsaturated/α-hetero) is 1. The maximum Gasteiger partial charge on any atom is 0.270 e. The van der Waals surface area contributed by atoms with Crippen LogP contribution < -0.4 is 0 Å². The Balaban J connectivity index is 1.73. The molecule has 3 aromatic rings. The number of ketones is 1. The van der Waals surface area contributed by atoms with Gasteiger partial charge in [-0.05, 0) is 29.3 Å². The molecule has 1 aliphatic heterocycles. The third-order valence-electron chi connectivity index (χ3n) is 5.57. The predicted octanol–water partition coefficient (Wildman–Crippen LogP) is 5.19. The molecule has 9 heteroatoms. The summed E-state index contributed by atoms with van der Waals surface area (Å²) in [4.78, 5) is 36.5. The molecule has 1 fully saturated rings. The molecule has 0 aliphatic carbocycles. The zero-order chi connectivity index (χ0) is 24.9. The van der Waals surface area contributed by atoms with Gasteiger partial charge in [-0.1, -0.05) is 42.5 Å². The molecule has 0 N–H and O–H groups in total. The number of likely N-dealkylation sites (tertiary alicyclic amines) is 1. The number of nitro benzene ring substituents is 2. The topological polar surface area (TPSA) is 107 Å². The predicted molar refractivity (Wildman–Crippen MR) is 129 cm³/mol. The van der Waals surface area contributed by atoms with E-state index < -0.39 is 9.85 Å². The van der Waals surface area contributed by atoms with Gasteiger partial charge in [0, 0.05) is 60.6 Å². The molecule has 0 radical (unpaired) electrons. The van der Waals surface area contributed by atoms with Crippen molar-refractivity contribution in [2.45, 2.75) is 6.54 Å². The van der Waals surface area contributed by atoms with E-state index in [-0.39, 0.29) is 42.6 Å². The standard InChI is InChI=1S/C26H20FN3O5/c27-25-10-2-1-7-20(25)15-28-16-21(11-18-5-3-8-23(13-18)29(32)33)26(31)22(17-28)12-19-6-4-9-24(14-19)30(34)35/h1-14H,15-17H2. The van der Waals surface area contributed by atoms with Gasteiger partial charge in [-0.15, -0.1) is 0 Å². The van der Waals surface area contributed by atoms with Crippen LogP contribution in [0.15, 0.2) is 83.9 Å². The van der Waals surface area contributed by atoms with E-state index in [9.17, 15) is 29.4 Å². The Hall–Kier alpha value is -4.50. The van der Waals surface area contributed by atoms with Crippen molar-refractivity contribution < 1.29 is 19.0 Å². The first-order chi connectivity index (χ1) is 16.8. The van der Waals surface area contributed by atoms with Crippen LogP contribution in [0.2, 0.25) is 0 Å². The van der Waals surface area contributed by atoms with Gasteiger partial charge in [-0.3, -0.25) is 29.9 Å². The smallest absolute Gasteiger partial charge is 0.270 e. The van der Waals surface area contributed by atoms with Crippen LogP contribution in [0.1, 0.15) is 16.7 Å². The Morgan fingerprint density at radius 2 is 1.31 bits per heavy atom. The van der Waals surface area contributed by atoms with Crippen LogP contribution >= 0.6 is 0 Å². The number of piperidine rings is 1. The molecule has 8 nitrogen and oxygen atoms in total. The Labute approximate surface area is 199 Å². The van der Waals surface area contributed by atoms with Crippen molar-refractivity contribution in [3.8, 4) is 0 Å². The number of carbonyl (C=O) groups excluding carboxylic acids is 1. The van der Waals surface area contributed by atoms with Gasteiger partial charge < -0.3 is 0 Å². The first kappa shape index (κ1) is 23.7. The number of nitro groups is 2. The van der Waals surface area contributed by atoms with Crippen LogP contribution in [0.25, 0.3) is 12.2 Å². The summed E-state index contributed by atoms with van der Waals surface area (Å²) < 4.78 is 14.3. The lowest BCUT2D eigenvalue weighted by atomic mass is 9.93. The minimum Gasteiger partial charge on any atom is -0.290 e. The van der Waals surface area contributed by atoms with Crippen molar-refractivity contribution >= 4 is 29.3 Å². The Kier molecular flexibility index (Phi) is 6.88. The Morgan fingerprint density at radius 1 is 0.800 bits per heavy atom. The number of hydrogen-bond donors (Lipinski definition) is 0. The molecule has 0 atom stereocenters. The van der Waals surface area contributed by atoms with Crippen LogP contribution in [0.4, 0.5) is 15.8 Å². The summed E-state index contributed by atoms with van der Waals surface area (Å²) in [6, 6.07) is 18.2. The van der Waals surface area contributed by atoms with Crippen molar-refractivity contribution in [2.75, 3.05) is 13.1 Å². The highest BCUT2D eigenvalue weighted by molar-refractivity contribution is 6.14. The van der Waals surface area contributed by atoms with Gasteiger partial charge in [-0.2, -0.15) is 0 Å². The lowest BCUT2D eigenvalue weighted by Gasteiger charge is -2.30. The minimum absolute atomic E-state index is 0.0989. The molecule has 1 saturated heterocycles.